The predicted octanol–water partition coefficient (Wildman–Crippen LogP) is 1.69. The van der Waals surface area contributed by atoms with E-state index in [2.05, 4.69) is 5.32 Å². The highest BCUT2D eigenvalue weighted by Gasteiger charge is 2.47. The lowest BCUT2D eigenvalue weighted by atomic mass is 9.99. The molecule has 1 N–H and O–H groups in total. The summed E-state index contributed by atoms with van der Waals surface area (Å²) in [5, 5.41) is 2.56. The zero-order chi connectivity index (χ0) is 20.2. The van der Waals surface area contributed by atoms with Crippen molar-refractivity contribution in [1.29, 1.82) is 0 Å². The standard InChI is InChI=1S/C19H25N3O5/c1-5-19(4)17(25)21(18(26)20-19)11-16(24)27-12-15(23)22(13(2)3)14-9-7-6-8-10-14/h6-10,13H,5,11-12H2,1-4H3,(H,20,26)/t19-/m1/s1. The zero-order valence-corrected chi connectivity index (χ0v) is 16.0. The zero-order valence-electron chi connectivity index (χ0n) is 16.0. The van der Waals surface area contributed by atoms with Crippen LogP contribution in [-0.4, -0.2) is 53.4 Å². The van der Waals surface area contributed by atoms with Gasteiger partial charge in [-0.3, -0.25) is 19.3 Å². The van der Waals surface area contributed by atoms with Gasteiger partial charge in [-0.1, -0.05) is 25.1 Å². The second-order valence-electron chi connectivity index (χ2n) is 6.86. The molecule has 0 radical (unpaired) electrons. The van der Waals surface area contributed by atoms with E-state index in [-0.39, 0.29) is 11.9 Å². The first kappa shape index (κ1) is 20.4. The fraction of sp³-hybridized carbons (Fsp3) is 0.474. The van der Waals surface area contributed by atoms with E-state index in [0.29, 0.717) is 12.1 Å². The minimum Gasteiger partial charge on any atom is -0.454 e. The lowest BCUT2D eigenvalue weighted by Gasteiger charge is -2.26. The Morgan fingerprint density at radius 2 is 1.85 bits per heavy atom. The Kier molecular flexibility index (Phi) is 6.20. The summed E-state index contributed by atoms with van der Waals surface area (Å²) in [6.07, 6.45) is 0.405. The fourth-order valence-electron chi connectivity index (χ4n) is 2.84. The molecule has 0 unspecified atom stereocenters. The van der Waals surface area contributed by atoms with E-state index in [9.17, 15) is 19.2 Å². The Morgan fingerprint density at radius 1 is 1.22 bits per heavy atom. The Balaban J connectivity index is 1.96. The highest BCUT2D eigenvalue weighted by atomic mass is 16.5. The largest absolute Gasteiger partial charge is 0.454 e. The molecule has 27 heavy (non-hydrogen) atoms. The van der Waals surface area contributed by atoms with Gasteiger partial charge in [0.05, 0.1) is 0 Å². The topological polar surface area (TPSA) is 96.0 Å². The van der Waals surface area contributed by atoms with Gasteiger partial charge in [0, 0.05) is 11.7 Å². The second kappa shape index (κ2) is 8.20. The maximum absolute atomic E-state index is 12.5. The van der Waals surface area contributed by atoms with Gasteiger partial charge in [0.25, 0.3) is 11.8 Å². The maximum Gasteiger partial charge on any atom is 0.326 e. The third-order valence-electron chi connectivity index (χ3n) is 4.52. The Labute approximate surface area is 158 Å². The number of imide groups is 1. The number of hydrogen-bond acceptors (Lipinski definition) is 5. The lowest BCUT2D eigenvalue weighted by molar-refractivity contribution is -0.150. The monoisotopic (exact) mass is 375 g/mol. The second-order valence-corrected chi connectivity index (χ2v) is 6.86. The third-order valence-corrected chi connectivity index (χ3v) is 4.52. The molecule has 1 aliphatic rings. The number of nitrogens with one attached hydrogen (secondary N) is 1. The molecule has 1 atom stereocenters. The van der Waals surface area contributed by atoms with Crippen LogP contribution in [0.3, 0.4) is 0 Å². The third kappa shape index (κ3) is 4.45. The fourth-order valence-corrected chi connectivity index (χ4v) is 2.84. The average molecular weight is 375 g/mol. The number of benzene rings is 1. The summed E-state index contributed by atoms with van der Waals surface area (Å²) in [6, 6.07) is 8.28. The normalized spacial score (nSPS) is 19.2. The molecule has 4 amide bonds. The molecule has 146 valence electrons. The first-order chi connectivity index (χ1) is 12.7. The van der Waals surface area contributed by atoms with E-state index >= 15 is 0 Å². The minimum atomic E-state index is -1.02. The number of amides is 4. The van der Waals surface area contributed by atoms with E-state index < -0.39 is 36.6 Å². The number of anilines is 1. The van der Waals surface area contributed by atoms with Crippen LogP contribution in [0.2, 0.25) is 0 Å². The van der Waals surface area contributed by atoms with Crippen LogP contribution >= 0.6 is 0 Å². The van der Waals surface area contributed by atoms with Crippen LogP contribution in [-0.2, 0) is 19.1 Å². The van der Waals surface area contributed by atoms with Gasteiger partial charge in [0.15, 0.2) is 6.61 Å². The van der Waals surface area contributed by atoms with Crippen LogP contribution in [0.1, 0.15) is 34.1 Å². The van der Waals surface area contributed by atoms with Gasteiger partial charge < -0.3 is 15.0 Å². The molecule has 1 aromatic carbocycles. The van der Waals surface area contributed by atoms with E-state index in [4.69, 9.17) is 4.74 Å². The number of carbonyl (C=O) groups is 4. The van der Waals surface area contributed by atoms with Gasteiger partial charge in [-0.05, 0) is 39.3 Å². The number of esters is 1. The molecule has 0 aliphatic carbocycles. The van der Waals surface area contributed by atoms with E-state index in [0.717, 1.165) is 4.90 Å². The number of hydrogen-bond donors (Lipinski definition) is 1. The summed E-state index contributed by atoms with van der Waals surface area (Å²) in [5.41, 5.74) is -0.323. The van der Waals surface area contributed by atoms with Crippen molar-refractivity contribution in [2.75, 3.05) is 18.1 Å². The van der Waals surface area contributed by atoms with Crippen LogP contribution in [0, 0.1) is 0 Å². The summed E-state index contributed by atoms with van der Waals surface area (Å²) in [7, 11) is 0. The molecule has 1 aliphatic heterocycles. The van der Waals surface area contributed by atoms with Gasteiger partial charge in [0.1, 0.15) is 12.1 Å². The van der Waals surface area contributed by atoms with E-state index in [1.165, 1.54) is 4.90 Å². The molecule has 1 heterocycles. The van der Waals surface area contributed by atoms with Crippen LogP contribution < -0.4 is 10.2 Å². The summed E-state index contributed by atoms with van der Waals surface area (Å²) >= 11 is 0. The highest BCUT2D eigenvalue weighted by molar-refractivity contribution is 6.08. The lowest BCUT2D eigenvalue weighted by Crippen LogP contribution is -2.44. The van der Waals surface area contributed by atoms with Crippen molar-refractivity contribution in [3.05, 3.63) is 30.3 Å². The molecule has 0 aromatic heterocycles. The van der Waals surface area contributed by atoms with Crippen molar-refractivity contribution in [2.45, 2.75) is 45.7 Å². The Morgan fingerprint density at radius 3 is 2.37 bits per heavy atom. The highest BCUT2D eigenvalue weighted by Crippen LogP contribution is 2.21. The van der Waals surface area contributed by atoms with Crippen LogP contribution in [0.4, 0.5) is 10.5 Å². The minimum absolute atomic E-state index is 0.130. The SMILES string of the molecule is CC[C@@]1(C)NC(=O)N(CC(=O)OCC(=O)N(c2ccccc2)C(C)C)C1=O. The smallest absolute Gasteiger partial charge is 0.326 e. The number of carbonyl (C=O) groups excluding carboxylic acids is 4. The molecule has 2 rings (SSSR count). The molecular formula is C19H25N3O5. The predicted molar refractivity (Wildman–Crippen MR) is 99.0 cm³/mol. The summed E-state index contributed by atoms with van der Waals surface area (Å²) in [6.45, 7) is 6.07. The number of rotatable bonds is 7. The molecule has 0 saturated carbocycles. The molecular weight excluding hydrogens is 350 g/mol. The maximum atomic E-state index is 12.5. The van der Waals surface area contributed by atoms with Gasteiger partial charge in [-0.15, -0.1) is 0 Å². The first-order valence-electron chi connectivity index (χ1n) is 8.86. The Bertz CT molecular complexity index is 734. The van der Waals surface area contributed by atoms with Gasteiger partial charge in [-0.25, -0.2) is 4.79 Å². The van der Waals surface area contributed by atoms with Crippen LogP contribution in [0.15, 0.2) is 30.3 Å². The van der Waals surface area contributed by atoms with Gasteiger partial charge in [-0.2, -0.15) is 0 Å². The molecule has 8 nitrogen and oxygen atoms in total. The molecule has 1 saturated heterocycles. The number of urea groups is 1. The number of ether oxygens (including phenoxy) is 1. The van der Waals surface area contributed by atoms with Crippen LogP contribution in [0.25, 0.3) is 0 Å². The summed E-state index contributed by atoms with van der Waals surface area (Å²) in [4.78, 5) is 51.1. The van der Waals surface area contributed by atoms with Crippen molar-refractivity contribution in [3.8, 4) is 0 Å². The van der Waals surface area contributed by atoms with Crippen LogP contribution in [0.5, 0.6) is 0 Å². The average Bonchev–Trinajstić information content (AvgIpc) is 2.84. The number of para-hydroxylation sites is 1. The van der Waals surface area contributed by atoms with Crippen molar-refractivity contribution >= 4 is 29.5 Å². The quantitative estimate of drug-likeness (QED) is 0.578. The van der Waals surface area contributed by atoms with Gasteiger partial charge >= 0.3 is 12.0 Å². The van der Waals surface area contributed by atoms with Crippen molar-refractivity contribution < 1.29 is 23.9 Å². The summed E-state index contributed by atoms with van der Waals surface area (Å²) < 4.78 is 5.01. The van der Waals surface area contributed by atoms with Crippen molar-refractivity contribution in [2.24, 2.45) is 0 Å². The van der Waals surface area contributed by atoms with E-state index in [1.54, 1.807) is 26.0 Å². The molecule has 0 bridgehead atoms. The van der Waals surface area contributed by atoms with Crippen molar-refractivity contribution in [1.82, 2.24) is 10.2 Å². The number of nitrogens with zero attached hydrogens (tertiary/aromatic N) is 2. The Hall–Kier alpha value is -2.90. The van der Waals surface area contributed by atoms with Gasteiger partial charge in [0.2, 0.25) is 0 Å². The molecule has 0 spiro atoms. The first-order valence-corrected chi connectivity index (χ1v) is 8.86. The van der Waals surface area contributed by atoms with Crippen molar-refractivity contribution in [3.63, 3.8) is 0 Å². The molecule has 1 fully saturated rings. The summed E-state index contributed by atoms with van der Waals surface area (Å²) in [5.74, 6) is -1.68. The molecule has 1 aromatic rings. The molecule has 8 heteroatoms. The van der Waals surface area contributed by atoms with E-state index in [1.807, 2.05) is 32.0 Å².